The van der Waals surface area contributed by atoms with Gasteiger partial charge >= 0.3 is 12.1 Å². The molecule has 1 unspecified atom stereocenters. The van der Waals surface area contributed by atoms with Crippen LogP contribution in [0.4, 0.5) is 13.2 Å². The molecule has 0 heterocycles. The SMILES string of the molecule is COC(=O)C(CSSc1ccccc1P(=NC(=O)c1ccc(C(F)(F)F)cc1)(c1ccccc1)c1ccccc1)NC(C)=O. The third kappa shape index (κ3) is 7.83. The van der Waals surface area contributed by atoms with Crippen molar-refractivity contribution in [1.29, 1.82) is 0 Å². The minimum Gasteiger partial charge on any atom is -0.467 e. The predicted molar refractivity (Wildman–Crippen MR) is 171 cm³/mol. The lowest BCUT2D eigenvalue weighted by Crippen LogP contribution is -2.42. The predicted octanol–water partition coefficient (Wildman–Crippen LogP) is 6.44. The smallest absolute Gasteiger partial charge is 0.416 e. The molecule has 0 aliphatic heterocycles. The van der Waals surface area contributed by atoms with Crippen molar-refractivity contribution in [3.8, 4) is 0 Å². The summed E-state index contributed by atoms with van der Waals surface area (Å²) in [7, 11) is 0.826. The summed E-state index contributed by atoms with van der Waals surface area (Å²) in [6, 6.07) is 29.3. The van der Waals surface area contributed by atoms with Gasteiger partial charge < -0.3 is 10.1 Å². The molecule has 44 heavy (non-hydrogen) atoms. The van der Waals surface area contributed by atoms with Crippen molar-refractivity contribution in [2.75, 3.05) is 12.9 Å². The molecule has 0 aromatic heterocycles. The number of esters is 1. The fourth-order valence-electron chi connectivity index (χ4n) is 4.40. The molecular weight excluding hydrogens is 628 g/mol. The maximum Gasteiger partial charge on any atom is 0.416 e. The molecule has 0 bridgehead atoms. The number of rotatable bonds is 10. The molecule has 0 spiro atoms. The van der Waals surface area contributed by atoms with Crippen LogP contribution in [0.25, 0.3) is 0 Å². The molecule has 0 saturated heterocycles. The quantitative estimate of drug-likeness (QED) is 0.120. The molecule has 0 saturated carbocycles. The molecule has 2 amide bonds. The number of ether oxygens (including phenoxy) is 1. The Kier molecular flexibility index (Phi) is 11.1. The fourth-order valence-corrected chi connectivity index (χ4v) is 10.9. The molecule has 4 aromatic rings. The second kappa shape index (κ2) is 14.8. The first-order valence-corrected chi connectivity index (χ1v) is 17.3. The molecule has 0 aliphatic carbocycles. The van der Waals surface area contributed by atoms with Gasteiger partial charge in [-0.1, -0.05) is 100 Å². The number of benzene rings is 4. The number of carbonyl (C=O) groups is 3. The Balaban J connectivity index is 1.87. The summed E-state index contributed by atoms with van der Waals surface area (Å²) in [5.41, 5.74) is -0.825. The summed E-state index contributed by atoms with van der Waals surface area (Å²) < 4.78 is 49.4. The Morgan fingerprint density at radius 2 is 1.39 bits per heavy atom. The summed E-state index contributed by atoms with van der Waals surface area (Å²) in [6.45, 7) is 1.32. The lowest BCUT2D eigenvalue weighted by Gasteiger charge is -2.28. The average molecular weight is 657 g/mol. The van der Waals surface area contributed by atoms with Gasteiger partial charge in [0, 0.05) is 39.0 Å². The number of amides is 2. The molecule has 0 fully saturated rings. The van der Waals surface area contributed by atoms with Crippen LogP contribution in [0.15, 0.2) is 119 Å². The van der Waals surface area contributed by atoms with Crippen LogP contribution in [-0.4, -0.2) is 36.7 Å². The van der Waals surface area contributed by atoms with Crippen molar-refractivity contribution in [2.24, 2.45) is 4.74 Å². The summed E-state index contributed by atoms with van der Waals surface area (Å²) >= 11 is 0. The van der Waals surface area contributed by atoms with Crippen LogP contribution in [0.2, 0.25) is 0 Å². The van der Waals surface area contributed by atoms with Crippen LogP contribution >= 0.6 is 28.6 Å². The van der Waals surface area contributed by atoms with E-state index in [9.17, 15) is 27.6 Å². The zero-order chi connectivity index (χ0) is 31.7. The highest BCUT2D eigenvalue weighted by molar-refractivity contribution is 8.76. The van der Waals surface area contributed by atoms with E-state index in [-0.39, 0.29) is 17.2 Å². The summed E-state index contributed by atoms with van der Waals surface area (Å²) in [4.78, 5) is 38.5. The molecule has 0 aliphatic rings. The van der Waals surface area contributed by atoms with Gasteiger partial charge in [-0.3, -0.25) is 9.59 Å². The third-order valence-electron chi connectivity index (χ3n) is 6.42. The van der Waals surface area contributed by atoms with E-state index in [0.717, 1.165) is 45.1 Å². The standard InChI is InChI=1S/C32H28F3N2O4PS2/c1-22(38)36-27(31(40)41-2)21-43-44-29-16-10-9-15-28(29)42(25-11-5-3-6-12-25,26-13-7-4-8-14-26)37-30(39)23-17-19-24(20-18-23)32(33,34)35/h3-20,27H,21H2,1-2H3,(H,36,38). The first kappa shape index (κ1) is 33.1. The molecular formula is C32H28F3N2O4PS2. The van der Waals surface area contributed by atoms with E-state index < -0.39 is 36.7 Å². The van der Waals surface area contributed by atoms with Crippen LogP contribution in [0, 0.1) is 0 Å². The molecule has 4 rings (SSSR count). The van der Waals surface area contributed by atoms with Crippen LogP contribution in [0.3, 0.4) is 0 Å². The van der Waals surface area contributed by atoms with Crippen molar-refractivity contribution < 1.29 is 32.3 Å². The van der Waals surface area contributed by atoms with Crippen molar-refractivity contribution in [2.45, 2.75) is 24.0 Å². The van der Waals surface area contributed by atoms with E-state index in [0.29, 0.717) is 0 Å². The Morgan fingerprint density at radius 3 is 1.91 bits per heavy atom. The van der Waals surface area contributed by atoms with E-state index in [2.05, 4.69) is 5.32 Å². The maximum atomic E-state index is 13.8. The highest BCUT2D eigenvalue weighted by Crippen LogP contribution is 2.50. The molecule has 1 atom stereocenters. The summed E-state index contributed by atoms with van der Waals surface area (Å²) in [5.74, 6) is -1.39. The number of hydrogen-bond acceptors (Lipinski definition) is 6. The van der Waals surface area contributed by atoms with E-state index >= 15 is 0 Å². The van der Waals surface area contributed by atoms with Crippen LogP contribution in [-0.2, 0) is 20.5 Å². The topological polar surface area (TPSA) is 84.8 Å². The summed E-state index contributed by atoms with van der Waals surface area (Å²) in [5, 5.41) is 4.90. The first-order chi connectivity index (χ1) is 21.1. The van der Waals surface area contributed by atoms with Gasteiger partial charge in [0.1, 0.15) is 6.04 Å². The number of halogens is 3. The molecule has 4 aromatic carbocycles. The van der Waals surface area contributed by atoms with Crippen molar-refractivity contribution in [3.05, 3.63) is 120 Å². The molecule has 12 heteroatoms. The normalized spacial score (nSPS) is 12.2. The van der Waals surface area contributed by atoms with E-state index in [1.807, 2.05) is 84.9 Å². The second-order valence-electron chi connectivity index (χ2n) is 9.40. The number of carbonyl (C=O) groups excluding carboxylic acids is 3. The highest BCUT2D eigenvalue weighted by Gasteiger charge is 2.33. The zero-order valence-electron chi connectivity index (χ0n) is 23.7. The van der Waals surface area contributed by atoms with Crippen molar-refractivity contribution in [3.63, 3.8) is 0 Å². The van der Waals surface area contributed by atoms with Crippen LogP contribution in [0.5, 0.6) is 0 Å². The highest BCUT2D eigenvalue weighted by atomic mass is 33.1. The minimum absolute atomic E-state index is 0.0324. The van der Waals surface area contributed by atoms with E-state index in [1.54, 1.807) is 0 Å². The maximum absolute atomic E-state index is 13.8. The van der Waals surface area contributed by atoms with Gasteiger partial charge in [-0.2, -0.15) is 13.2 Å². The number of hydrogen-bond donors (Lipinski definition) is 1. The average Bonchev–Trinajstić information content (AvgIpc) is 3.03. The van der Waals surface area contributed by atoms with Gasteiger partial charge in [-0.15, -0.1) is 0 Å². The molecule has 228 valence electrons. The largest absolute Gasteiger partial charge is 0.467 e. The Hall–Kier alpha value is -3.79. The lowest BCUT2D eigenvalue weighted by molar-refractivity contribution is -0.144. The second-order valence-corrected chi connectivity index (χ2v) is 14.8. The minimum atomic E-state index is -4.54. The number of nitrogens with one attached hydrogen (secondary N) is 1. The van der Waals surface area contributed by atoms with Crippen molar-refractivity contribution >= 4 is 62.3 Å². The molecule has 0 radical (unpaired) electrons. The lowest BCUT2D eigenvalue weighted by atomic mass is 10.1. The molecule has 1 N–H and O–H groups in total. The van der Waals surface area contributed by atoms with Gasteiger partial charge in [0.15, 0.2) is 0 Å². The number of alkyl halides is 3. The zero-order valence-corrected chi connectivity index (χ0v) is 26.2. The van der Waals surface area contributed by atoms with Gasteiger partial charge in [0.25, 0.3) is 5.91 Å². The van der Waals surface area contributed by atoms with Crippen molar-refractivity contribution in [1.82, 2.24) is 5.32 Å². The third-order valence-corrected chi connectivity index (χ3v) is 12.7. The van der Waals surface area contributed by atoms with Gasteiger partial charge in [0.05, 0.1) is 19.7 Å². The number of methoxy groups -OCH3 is 1. The first-order valence-electron chi connectivity index (χ1n) is 13.3. The monoisotopic (exact) mass is 656 g/mol. The van der Waals surface area contributed by atoms with Crippen LogP contribution in [0.1, 0.15) is 22.8 Å². The summed E-state index contributed by atoms with van der Waals surface area (Å²) in [6.07, 6.45) is -4.54. The Bertz CT molecular complexity index is 1630. The van der Waals surface area contributed by atoms with Gasteiger partial charge in [-0.05, 0) is 30.3 Å². The molecule has 6 nitrogen and oxygen atoms in total. The Morgan fingerprint density at radius 1 is 0.841 bits per heavy atom. The Labute approximate surface area is 261 Å². The fraction of sp³-hybridized carbons (Fsp3) is 0.156. The van der Waals surface area contributed by atoms with Crippen LogP contribution < -0.4 is 21.2 Å². The number of nitrogens with zero attached hydrogens (tertiary/aromatic N) is 1. The van der Waals surface area contributed by atoms with E-state index in [1.165, 1.54) is 35.6 Å². The van der Waals surface area contributed by atoms with E-state index in [4.69, 9.17) is 9.48 Å². The van der Waals surface area contributed by atoms with Gasteiger partial charge in [-0.25, -0.2) is 9.54 Å². The van der Waals surface area contributed by atoms with Gasteiger partial charge in [0.2, 0.25) is 5.91 Å².